The molecule has 1 aliphatic heterocycles. The van der Waals surface area contributed by atoms with Crippen molar-refractivity contribution in [1.29, 1.82) is 0 Å². The summed E-state index contributed by atoms with van der Waals surface area (Å²) in [6.45, 7) is 2.17. The lowest BCUT2D eigenvalue weighted by Crippen LogP contribution is -2.50. The number of carbonyl (C=O) groups excluding carboxylic acids is 2. The van der Waals surface area contributed by atoms with Gasteiger partial charge < -0.3 is 24.4 Å². The highest BCUT2D eigenvalue weighted by Gasteiger charge is 2.31. The number of anilines is 1. The molecule has 1 aliphatic rings. The van der Waals surface area contributed by atoms with Crippen molar-refractivity contribution in [2.24, 2.45) is 0 Å². The highest BCUT2D eigenvalue weighted by Crippen LogP contribution is 2.38. The Morgan fingerprint density at radius 3 is 1.88 bits per heavy atom. The predicted octanol–water partition coefficient (Wildman–Crippen LogP) is 1.82. The number of piperazine rings is 1. The second-order valence-corrected chi connectivity index (χ2v) is 9.25. The number of hydrogen-bond acceptors (Lipinski definition) is 7. The third kappa shape index (κ3) is 5.20. The van der Waals surface area contributed by atoms with Crippen molar-refractivity contribution in [1.82, 2.24) is 9.21 Å². The highest BCUT2D eigenvalue weighted by atomic mass is 32.2. The standard InChI is InChI=1S/C22H27N3O7S/c1-15(26)23-17-5-7-18(8-6-17)33(28,29)25-11-9-24(10-12-25)22(27)16-13-19(30-2)21(32-4)20(14-16)31-3/h5-8,13-14H,9-12H2,1-4H3,(H,23,26). The summed E-state index contributed by atoms with van der Waals surface area (Å²) >= 11 is 0. The lowest BCUT2D eigenvalue weighted by Gasteiger charge is -2.34. The third-order valence-corrected chi connectivity index (χ3v) is 7.16. The largest absolute Gasteiger partial charge is 0.493 e. The van der Waals surface area contributed by atoms with E-state index in [1.165, 1.54) is 44.7 Å². The first-order valence-corrected chi connectivity index (χ1v) is 11.6. The normalized spacial score (nSPS) is 14.5. The highest BCUT2D eigenvalue weighted by molar-refractivity contribution is 7.89. The van der Waals surface area contributed by atoms with Gasteiger partial charge in [0.05, 0.1) is 26.2 Å². The molecule has 0 atom stereocenters. The van der Waals surface area contributed by atoms with Crippen LogP contribution in [0.25, 0.3) is 0 Å². The van der Waals surface area contributed by atoms with E-state index in [1.54, 1.807) is 29.2 Å². The van der Waals surface area contributed by atoms with Crippen LogP contribution in [0.4, 0.5) is 5.69 Å². The maximum Gasteiger partial charge on any atom is 0.254 e. The fraction of sp³-hybridized carbons (Fsp3) is 0.364. The molecule has 178 valence electrons. The molecule has 0 spiro atoms. The summed E-state index contributed by atoms with van der Waals surface area (Å²) in [6.07, 6.45) is 0. The van der Waals surface area contributed by atoms with Crippen LogP contribution in [0.15, 0.2) is 41.3 Å². The molecule has 10 nitrogen and oxygen atoms in total. The average molecular weight is 478 g/mol. The number of nitrogens with one attached hydrogen (secondary N) is 1. The molecule has 0 aromatic heterocycles. The molecule has 0 bridgehead atoms. The first-order chi connectivity index (χ1) is 15.7. The van der Waals surface area contributed by atoms with Gasteiger partial charge in [-0.25, -0.2) is 8.42 Å². The van der Waals surface area contributed by atoms with E-state index in [1.807, 2.05) is 0 Å². The predicted molar refractivity (Wildman–Crippen MR) is 122 cm³/mol. The monoisotopic (exact) mass is 477 g/mol. The molecule has 1 N–H and O–H groups in total. The average Bonchev–Trinajstić information content (AvgIpc) is 2.82. The van der Waals surface area contributed by atoms with Gasteiger partial charge in [-0.05, 0) is 36.4 Å². The van der Waals surface area contributed by atoms with Gasteiger partial charge in [0.2, 0.25) is 21.7 Å². The van der Waals surface area contributed by atoms with E-state index in [4.69, 9.17) is 14.2 Å². The van der Waals surface area contributed by atoms with E-state index in [0.29, 0.717) is 28.5 Å². The van der Waals surface area contributed by atoms with Crippen LogP contribution in [0.1, 0.15) is 17.3 Å². The lowest BCUT2D eigenvalue weighted by molar-refractivity contribution is -0.114. The summed E-state index contributed by atoms with van der Waals surface area (Å²) in [7, 11) is 0.696. The molecule has 0 saturated carbocycles. The Hall–Kier alpha value is -3.31. The van der Waals surface area contributed by atoms with Gasteiger partial charge in [-0.15, -0.1) is 0 Å². The van der Waals surface area contributed by atoms with Gasteiger partial charge in [-0.3, -0.25) is 9.59 Å². The maximum absolute atomic E-state index is 13.1. The second-order valence-electron chi connectivity index (χ2n) is 7.32. The van der Waals surface area contributed by atoms with Crippen LogP contribution in [-0.4, -0.2) is 76.9 Å². The number of benzene rings is 2. The summed E-state index contributed by atoms with van der Waals surface area (Å²) in [5.41, 5.74) is 0.872. The van der Waals surface area contributed by atoms with Crippen LogP contribution in [0, 0.1) is 0 Å². The maximum atomic E-state index is 13.1. The summed E-state index contributed by atoms with van der Waals surface area (Å²) in [5.74, 6) is 0.620. The van der Waals surface area contributed by atoms with E-state index in [2.05, 4.69) is 5.32 Å². The van der Waals surface area contributed by atoms with E-state index in [-0.39, 0.29) is 42.9 Å². The molecule has 33 heavy (non-hydrogen) atoms. The molecule has 11 heteroatoms. The van der Waals surface area contributed by atoms with Crippen LogP contribution in [-0.2, 0) is 14.8 Å². The van der Waals surface area contributed by atoms with E-state index < -0.39 is 10.0 Å². The Labute approximate surface area is 193 Å². The molecule has 0 radical (unpaired) electrons. The minimum Gasteiger partial charge on any atom is -0.493 e. The van der Waals surface area contributed by atoms with Crippen LogP contribution in [0.2, 0.25) is 0 Å². The van der Waals surface area contributed by atoms with Gasteiger partial charge in [0.25, 0.3) is 5.91 Å². The summed E-state index contributed by atoms with van der Waals surface area (Å²) in [6, 6.07) is 9.13. The Morgan fingerprint density at radius 2 is 1.42 bits per heavy atom. The van der Waals surface area contributed by atoms with Crippen LogP contribution >= 0.6 is 0 Å². The third-order valence-electron chi connectivity index (χ3n) is 5.25. The molecule has 1 fully saturated rings. The SMILES string of the molecule is COc1cc(C(=O)N2CCN(S(=O)(=O)c3ccc(NC(C)=O)cc3)CC2)cc(OC)c1OC. The molecule has 3 rings (SSSR count). The molecule has 2 aromatic carbocycles. The lowest BCUT2D eigenvalue weighted by atomic mass is 10.1. The number of amides is 2. The minimum absolute atomic E-state index is 0.126. The van der Waals surface area contributed by atoms with Gasteiger partial charge in [0.15, 0.2) is 11.5 Å². The Kier molecular flexibility index (Phi) is 7.44. The van der Waals surface area contributed by atoms with Crippen LogP contribution in [0.5, 0.6) is 17.2 Å². The Balaban J connectivity index is 1.71. The van der Waals surface area contributed by atoms with Crippen molar-refractivity contribution in [3.8, 4) is 17.2 Å². The Bertz CT molecular complexity index is 1100. The molecule has 1 heterocycles. The molecule has 1 saturated heterocycles. The van der Waals surface area contributed by atoms with Gasteiger partial charge >= 0.3 is 0 Å². The minimum atomic E-state index is -3.73. The number of carbonyl (C=O) groups is 2. The van der Waals surface area contributed by atoms with Gasteiger partial charge in [0.1, 0.15) is 0 Å². The summed E-state index contributed by atoms with van der Waals surface area (Å²) in [4.78, 5) is 25.9. The smallest absolute Gasteiger partial charge is 0.254 e. The second kappa shape index (κ2) is 10.1. The van der Waals surface area contributed by atoms with Crippen molar-refractivity contribution in [3.63, 3.8) is 0 Å². The number of sulfonamides is 1. The molecular weight excluding hydrogens is 450 g/mol. The van der Waals surface area contributed by atoms with Crippen molar-refractivity contribution in [3.05, 3.63) is 42.0 Å². The fourth-order valence-corrected chi connectivity index (χ4v) is 5.00. The summed E-state index contributed by atoms with van der Waals surface area (Å²) < 4.78 is 43.2. The zero-order valence-electron chi connectivity index (χ0n) is 19.0. The van der Waals surface area contributed by atoms with Crippen LogP contribution < -0.4 is 19.5 Å². The molecular formula is C22H27N3O7S. The first kappa shape index (κ1) is 24.3. The molecule has 2 amide bonds. The number of nitrogens with zero attached hydrogens (tertiary/aromatic N) is 2. The van der Waals surface area contributed by atoms with Crippen molar-refractivity contribution < 1.29 is 32.2 Å². The van der Waals surface area contributed by atoms with E-state index >= 15 is 0 Å². The number of ether oxygens (including phenoxy) is 3. The molecule has 0 unspecified atom stereocenters. The zero-order valence-corrected chi connectivity index (χ0v) is 19.8. The van der Waals surface area contributed by atoms with Crippen molar-refractivity contribution in [2.75, 3.05) is 52.8 Å². The molecule has 2 aromatic rings. The van der Waals surface area contributed by atoms with E-state index in [0.717, 1.165) is 0 Å². The molecule has 0 aliphatic carbocycles. The fourth-order valence-electron chi connectivity index (χ4n) is 3.58. The van der Waals surface area contributed by atoms with Crippen molar-refractivity contribution >= 4 is 27.5 Å². The number of methoxy groups -OCH3 is 3. The zero-order chi connectivity index (χ0) is 24.2. The quantitative estimate of drug-likeness (QED) is 0.647. The van der Waals surface area contributed by atoms with E-state index in [9.17, 15) is 18.0 Å². The Morgan fingerprint density at radius 1 is 0.879 bits per heavy atom. The number of rotatable bonds is 7. The van der Waals surface area contributed by atoms with Gasteiger partial charge in [0, 0.05) is 44.4 Å². The first-order valence-electron chi connectivity index (χ1n) is 10.2. The van der Waals surface area contributed by atoms with Gasteiger partial charge in [-0.1, -0.05) is 0 Å². The summed E-state index contributed by atoms with van der Waals surface area (Å²) in [5, 5.41) is 2.60. The van der Waals surface area contributed by atoms with Crippen LogP contribution in [0.3, 0.4) is 0 Å². The van der Waals surface area contributed by atoms with Gasteiger partial charge in [-0.2, -0.15) is 4.31 Å². The van der Waals surface area contributed by atoms with Crippen molar-refractivity contribution in [2.45, 2.75) is 11.8 Å². The number of hydrogen-bond donors (Lipinski definition) is 1. The topological polar surface area (TPSA) is 114 Å².